The molecule has 1 radical (unpaired) electrons. The first-order valence-electron chi connectivity index (χ1n) is 6.65. The van der Waals surface area contributed by atoms with Crippen molar-refractivity contribution >= 4 is 11.2 Å². The van der Waals surface area contributed by atoms with Gasteiger partial charge in [0.25, 0.3) is 0 Å². The van der Waals surface area contributed by atoms with Gasteiger partial charge < -0.3 is 19.6 Å². The van der Waals surface area contributed by atoms with Gasteiger partial charge in [0.05, 0.1) is 18.0 Å². The monoisotopic (exact) mass is 303 g/mol. The third-order valence-corrected chi connectivity index (χ3v) is 3.92. The van der Waals surface area contributed by atoms with Crippen LogP contribution in [0.1, 0.15) is 18.9 Å². The summed E-state index contributed by atoms with van der Waals surface area (Å²) in [5.74, 6) is 0. The Kier molecular flexibility index (Phi) is 3.35. The van der Waals surface area contributed by atoms with E-state index in [-0.39, 0.29) is 18.0 Å². The van der Waals surface area contributed by atoms with Crippen LogP contribution in [0, 0.1) is 18.4 Å². The van der Waals surface area contributed by atoms with E-state index in [9.17, 15) is 10.2 Å². The maximum absolute atomic E-state index is 10.0. The summed E-state index contributed by atoms with van der Waals surface area (Å²) < 4.78 is 2.99. The smallest absolute Gasteiger partial charge is 0.211 e. The normalized spacial score (nSPS) is 29.0. The van der Waals surface area contributed by atoms with Crippen LogP contribution in [0.5, 0.6) is 0 Å². The van der Waals surface area contributed by atoms with E-state index >= 15 is 0 Å². The van der Waals surface area contributed by atoms with E-state index < -0.39 is 11.7 Å². The van der Waals surface area contributed by atoms with E-state index in [4.69, 9.17) is 10.1 Å². The Morgan fingerprint density at radius 3 is 2.91 bits per heavy atom. The molecular weight excluding hydrogens is 288 g/mol. The molecule has 1 aliphatic carbocycles. The second-order valence-electron chi connectivity index (χ2n) is 5.33. The predicted octanol–water partition coefficient (Wildman–Crippen LogP) is -1.07. The summed E-state index contributed by atoms with van der Waals surface area (Å²) in [6.45, 7) is 3.63. The first kappa shape index (κ1) is 14.5. The molecule has 3 rings (SSSR count). The number of aromatic nitrogens is 4. The topological polar surface area (TPSA) is 121 Å². The van der Waals surface area contributed by atoms with Crippen molar-refractivity contribution in [3.05, 3.63) is 25.1 Å². The summed E-state index contributed by atoms with van der Waals surface area (Å²) in [6, 6.07) is -0.191. The lowest BCUT2D eigenvalue weighted by molar-refractivity contribution is -0.0181. The van der Waals surface area contributed by atoms with Crippen molar-refractivity contribution in [1.82, 2.24) is 19.3 Å². The van der Waals surface area contributed by atoms with Gasteiger partial charge in [0.1, 0.15) is 13.4 Å². The van der Waals surface area contributed by atoms with Gasteiger partial charge in [-0.15, -0.1) is 4.99 Å². The zero-order chi connectivity index (χ0) is 15.9. The minimum absolute atomic E-state index is 0.191. The lowest BCUT2D eigenvalue weighted by atomic mass is 10.0. The number of imidazole rings is 1. The standard InChI is InChI=1S/C13H15N6O3/c1-13(21)4-8(3-9(13)20)18-6-16-10-11(18)17-7-19(22-2)12(10)15-5-14/h6-9,20-21H,1,3-4H2,2H3/b15-12+/t8-,9-,13-/m0/s1. The summed E-state index contributed by atoms with van der Waals surface area (Å²) in [6.07, 6.45) is 4.36. The fraction of sp³-hybridized carbons (Fsp3) is 0.462. The van der Waals surface area contributed by atoms with Gasteiger partial charge in [-0.3, -0.25) is 0 Å². The summed E-state index contributed by atoms with van der Waals surface area (Å²) in [4.78, 5) is 17.3. The summed E-state index contributed by atoms with van der Waals surface area (Å²) in [5, 5.41) is 28.7. The molecule has 1 saturated carbocycles. The highest BCUT2D eigenvalue weighted by atomic mass is 16.6. The number of aliphatic hydroxyl groups is 2. The van der Waals surface area contributed by atoms with E-state index in [1.807, 2.05) is 0 Å². The van der Waals surface area contributed by atoms with Gasteiger partial charge in [0.2, 0.25) is 11.7 Å². The molecule has 0 unspecified atom stereocenters. The van der Waals surface area contributed by atoms with Crippen LogP contribution in [0.3, 0.4) is 0 Å². The van der Waals surface area contributed by atoms with E-state index in [1.54, 1.807) is 17.1 Å². The predicted molar refractivity (Wildman–Crippen MR) is 73.8 cm³/mol. The Bertz CT molecular complexity index is 815. The van der Waals surface area contributed by atoms with Crippen molar-refractivity contribution in [2.24, 2.45) is 4.99 Å². The van der Waals surface area contributed by atoms with Gasteiger partial charge in [-0.05, 0) is 19.8 Å². The lowest BCUT2D eigenvalue weighted by Crippen LogP contribution is -2.33. The van der Waals surface area contributed by atoms with Crippen LogP contribution in [0.25, 0.3) is 11.2 Å². The quantitative estimate of drug-likeness (QED) is 0.682. The molecule has 1 aliphatic rings. The maximum atomic E-state index is 10.0. The number of nitrogens with zero attached hydrogens (tertiary/aromatic N) is 6. The second-order valence-corrected chi connectivity index (χ2v) is 5.33. The molecule has 115 valence electrons. The van der Waals surface area contributed by atoms with E-state index in [2.05, 4.69) is 21.9 Å². The molecule has 2 aromatic heterocycles. The van der Waals surface area contributed by atoms with Crippen LogP contribution in [-0.4, -0.2) is 48.3 Å². The molecule has 9 heteroatoms. The molecule has 1 fully saturated rings. The average Bonchev–Trinajstić information content (AvgIpc) is 3.01. The van der Waals surface area contributed by atoms with Gasteiger partial charge in [-0.25, -0.2) is 9.97 Å². The lowest BCUT2D eigenvalue weighted by Gasteiger charge is -2.19. The Morgan fingerprint density at radius 1 is 1.55 bits per heavy atom. The Balaban J connectivity index is 2.14. The van der Waals surface area contributed by atoms with Gasteiger partial charge in [-0.1, -0.05) is 0 Å². The van der Waals surface area contributed by atoms with Crippen molar-refractivity contribution in [3.8, 4) is 6.19 Å². The minimum Gasteiger partial charge on any atom is -0.414 e. The van der Waals surface area contributed by atoms with Crippen LogP contribution in [0.2, 0.25) is 0 Å². The number of hydrogen-bond donors (Lipinski definition) is 2. The van der Waals surface area contributed by atoms with Crippen molar-refractivity contribution in [2.45, 2.75) is 30.6 Å². The van der Waals surface area contributed by atoms with E-state index in [1.165, 1.54) is 18.2 Å². The number of nitriles is 1. The fourth-order valence-electron chi connectivity index (χ4n) is 2.77. The molecule has 3 atom stereocenters. The minimum atomic E-state index is -1.39. The molecule has 2 aromatic rings. The van der Waals surface area contributed by atoms with Gasteiger partial charge in [0, 0.05) is 6.04 Å². The molecule has 0 aliphatic heterocycles. The number of fused-ring (bicyclic) bond motifs is 1. The van der Waals surface area contributed by atoms with Gasteiger partial charge in [-0.2, -0.15) is 9.99 Å². The first-order chi connectivity index (χ1) is 10.5. The van der Waals surface area contributed by atoms with Crippen LogP contribution in [-0.2, 0) is 0 Å². The Labute approximate surface area is 125 Å². The molecule has 2 heterocycles. The van der Waals surface area contributed by atoms with Crippen LogP contribution in [0.15, 0.2) is 17.6 Å². The largest absolute Gasteiger partial charge is 0.414 e. The van der Waals surface area contributed by atoms with Gasteiger partial charge >= 0.3 is 0 Å². The van der Waals surface area contributed by atoms with Crippen molar-refractivity contribution in [3.63, 3.8) is 0 Å². The molecule has 2 N–H and O–H groups in total. The summed E-state index contributed by atoms with van der Waals surface area (Å²) >= 11 is 0. The number of rotatable bonds is 2. The Morgan fingerprint density at radius 2 is 2.32 bits per heavy atom. The zero-order valence-electron chi connectivity index (χ0n) is 11.9. The highest BCUT2D eigenvalue weighted by molar-refractivity contribution is 5.69. The molecular formula is C13H15N6O3. The number of hydrogen-bond acceptors (Lipinski definition) is 7. The SMILES string of the molecule is [CH2][C@]1(O)C[C@@H](n2cnc3/c(=N\C#N)n(OC)cnc32)C[C@@H]1O. The third kappa shape index (κ3) is 2.13. The molecule has 0 amide bonds. The molecule has 0 aromatic carbocycles. The first-order valence-corrected chi connectivity index (χ1v) is 6.65. The maximum Gasteiger partial charge on any atom is 0.211 e. The summed E-state index contributed by atoms with van der Waals surface area (Å²) in [7, 11) is 1.43. The molecule has 0 spiro atoms. The molecule has 0 saturated heterocycles. The average molecular weight is 303 g/mol. The Hall–Kier alpha value is -2.44. The van der Waals surface area contributed by atoms with Crippen LogP contribution >= 0.6 is 0 Å². The number of aliphatic hydroxyl groups excluding tert-OH is 1. The highest BCUT2D eigenvalue weighted by Gasteiger charge is 2.42. The second kappa shape index (κ2) is 5.08. The molecule has 0 bridgehead atoms. The summed E-state index contributed by atoms with van der Waals surface area (Å²) in [5.41, 5.74) is -0.253. The van der Waals surface area contributed by atoms with Crippen molar-refractivity contribution in [1.29, 1.82) is 5.26 Å². The van der Waals surface area contributed by atoms with E-state index in [0.717, 1.165) is 0 Å². The van der Waals surface area contributed by atoms with Crippen molar-refractivity contribution < 1.29 is 15.1 Å². The zero-order valence-corrected chi connectivity index (χ0v) is 11.9. The van der Waals surface area contributed by atoms with Crippen LogP contribution in [0.4, 0.5) is 0 Å². The third-order valence-electron chi connectivity index (χ3n) is 3.92. The van der Waals surface area contributed by atoms with Gasteiger partial charge in [0.15, 0.2) is 11.2 Å². The molecule has 9 nitrogen and oxygen atoms in total. The fourth-order valence-corrected chi connectivity index (χ4v) is 2.77. The molecule has 22 heavy (non-hydrogen) atoms. The van der Waals surface area contributed by atoms with Crippen LogP contribution < -0.4 is 10.3 Å². The van der Waals surface area contributed by atoms with Crippen molar-refractivity contribution in [2.75, 3.05) is 7.11 Å². The highest BCUT2D eigenvalue weighted by Crippen LogP contribution is 2.38. The van der Waals surface area contributed by atoms with E-state index in [0.29, 0.717) is 17.6 Å².